The van der Waals surface area contributed by atoms with Gasteiger partial charge in [0.15, 0.2) is 0 Å². The van der Waals surface area contributed by atoms with E-state index in [4.69, 9.17) is 0 Å². The summed E-state index contributed by atoms with van der Waals surface area (Å²) in [5, 5.41) is 0. The standard InChI is InChI=1S/C10H9F3O/c1-6-3-4-7(5-8(6)11)9(14)10(2,12)13/h3-5H,1-2H3. The normalized spacial score (nSPS) is 11.5. The highest BCUT2D eigenvalue weighted by atomic mass is 19.3. The van der Waals surface area contributed by atoms with Gasteiger partial charge >= 0.3 is 5.92 Å². The van der Waals surface area contributed by atoms with Crippen molar-refractivity contribution in [1.29, 1.82) is 0 Å². The molecule has 1 nitrogen and oxygen atoms in total. The molecule has 4 heteroatoms. The third kappa shape index (κ3) is 2.13. The van der Waals surface area contributed by atoms with Crippen molar-refractivity contribution in [3.8, 4) is 0 Å². The number of carbonyl (C=O) groups excluding carboxylic acids is 1. The van der Waals surface area contributed by atoms with Crippen molar-refractivity contribution in [2.75, 3.05) is 0 Å². The maximum absolute atomic E-state index is 12.9. The molecular formula is C10H9F3O. The average molecular weight is 202 g/mol. The van der Waals surface area contributed by atoms with Crippen molar-refractivity contribution in [1.82, 2.24) is 0 Å². The Morgan fingerprint density at radius 2 is 1.93 bits per heavy atom. The van der Waals surface area contributed by atoms with E-state index in [1.807, 2.05) is 0 Å². The lowest BCUT2D eigenvalue weighted by Crippen LogP contribution is -2.24. The number of ketones is 1. The Hall–Kier alpha value is -1.32. The number of aryl methyl sites for hydroxylation is 1. The van der Waals surface area contributed by atoms with Crippen LogP contribution in [0.3, 0.4) is 0 Å². The number of Topliss-reactive ketones (excluding diaryl/α,β-unsaturated/α-hetero) is 1. The summed E-state index contributed by atoms with van der Waals surface area (Å²) in [6.45, 7) is 1.99. The zero-order valence-corrected chi connectivity index (χ0v) is 7.77. The van der Waals surface area contributed by atoms with Gasteiger partial charge in [0.05, 0.1) is 0 Å². The molecule has 0 amide bonds. The fourth-order valence-corrected chi connectivity index (χ4v) is 0.988. The smallest absolute Gasteiger partial charge is 0.287 e. The first-order chi connectivity index (χ1) is 6.32. The fraction of sp³-hybridized carbons (Fsp3) is 0.300. The first-order valence-electron chi connectivity index (χ1n) is 4.01. The number of hydrogen-bond donors (Lipinski definition) is 0. The number of alkyl halides is 2. The Morgan fingerprint density at radius 3 is 2.36 bits per heavy atom. The molecule has 14 heavy (non-hydrogen) atoms. The van der Waals surface area contributed by atoms with Crippen LogP contribution in [0.5, 0.6) is 0 Å². The van der Waals surface area contributed by atoms with Gasteiger partial charge < -0.3 is 0 Å². The van der Waals surface area contributed by atoms with Crippen LogP contribution in [-0.4, -0.2) is 11.7 Å². The Balaban J connectivity index is 3.10. The monoisotopic (exact) mass is 202 g/mol. The van der Waals surface area contributed by atoms with E-state index in [-0.39, 0.29) is 5.56 Å². The van der Waals surface area contributed by atoms with Crippen molar-refractivity contribution >= 4 is 5.78 Å². The molecular weight excluding hydrogens is 193 g/mol. The summed E-state index contributed by atoms with van der Waals surface area (Å²) in [7, 11) is 0. The molecule has 0 saturated carbocycles. The fourth-order valence-electron chi connectivity index (χ4n) is 0.988. The maximum Gasteiger partial charge on any atom is 0.307 e. The minimum atomic E-state index is -3.46. The molecule has 0 aliphatic heterocycles. The lowest BCUT2D eigenvalue weighted by Gasteiger charge is -2.08. The quantitative estimate of drug-likeness (QED) is 0.674. The predicted molar refractivity (Wildman–Crippen MR) is 46.1 cm³/mol. The minimum Gasteiger partial charge on any atom is -0.287 e. The van der Waals surface area contributed by atoms with Crippen LogP contribution in [-0.2, 0) is 0 Å². The first-order valence-corrected chi connectivity index (χ1v) is 4.01. The van der Waals surface area contributed by atoms with E-state index >= 15 is 0 Å². The van der Waals surface area contributed by atoms with Crippen LogP contribution < -0.4 is 0 Å². The number of hydrogen-bond acceptors (Lipinski definition) is 1. The summed E-state index contributed by atoms with van der Waals surface area (Å²) in [6, 6.07) is 3.32. The SMILES string of the molecule is Cc1ccc(C(=O)C(C)(F)F)cc1F. The zero-order valence-electron chi connectivity index (χ0n) is 7.77. The van der Waals surface area contributed by atoms with E-state index in [1.54, 1.807) is 0 Å². The van der Waals surface area contributed by atoms with Crippen LogP contribution in [0, 0.1) is 12.7 Å². The molecule has 0 spiro atoms. The highest BCUT2D eigenvalue weighted by molar-refractivity contribution is 6.01. The molecule has 0 atom stereocenters. The van der Waals surface area contributed by atoms with Gasteiger partial charge in [0, 0.05) is 12.5 Å². The molecule has 0 N–H and O–H groups in total. The van der Waals surface area contributed by atoms with Gasteiger partial charge in [0.25, 0.3) is 0 Å². The van der Waals surface area contributed by atoms with Gasteiger partial charge in [-0.15, -0.1) is 0 Å². The number of carbonyl (C=O) groups is 1. The second-order valence-corrected chi connectivity index (χ2v) is 3.18. The van der Waals surface area contributed by atoms with Crippen molar-refractivity contribution in [3.05, 3.63) is 35.1 Å². The van der Waals surface area contributed by atoms with Crippen molar-refractivity contribution in [2.45, 2.75) is 19.8 Å². The third-order valence-corrected chi connectivity index (χ3v) is 1.83. The molecule has 0 fully saturated rings. The molecule has 76 valence electrons. The molecule has 0 heterocycles. The summed E-state index contributed by atoms with van der Waals surface area (Å²) in [4.78, 5) is 11.0. The van der Waals surface area contributed by atoms with Crippen LogP contribution in [0.1, 0.15) is 22.8 Å². The van der Waals surface area contributed by atoms with Crippen LogP contribution in [0.25, 0.3) is 0 Å². The van der Waals surface area contributed by atoms with Gasteiger partial charge in [-0.2, -0.15) is 8.78 Å². The van der Waals surface area contributed by atoms with E-state index in [0.717, 1.165) is 6.07 Å². The van der Waals surface area contributed by atoms with Gasteiger partial charge in [0.2, 0.25) is 5.78 Å². The molecule has 0 saturated heterocycles. The van der Waals surface area contributed by atoms with Crippen LogP contribution >= 0.6 is 0 Å². The first kappa shape index (κ1) is 10.8. The second-order valence-electron chi connectivity index (χ2n) is 3.18. The molecule has 1 aromatic rings. The van der Waals surface area contributed by atoms with Crippen molar-refractivity contribution in [3.63, 3.8) is 0 Å². The summed E-state index contributed by atoms with van der Waals surface area (Å²) in [5.74, 6) is -5.47. The van der Waals surface area contributed by atoms with Crippen LogP contribution in [0.4, 0.5) is 13.2 Å². The predicted octanol–water partition coefficient (Wildman–Crippen LogP) is 2.97. The number of halogens is 3. The molecule has 0 radical (unpaired) electrons. The molecule has 0 aromatic heterocycles. The number of rotatable bonds is 2. The van der Waals surface area contributed by atoms with Gasteiger partial charge in [-0.25, -0.2) is 4.39 Å². The molecule has 0 aliphatic rings. The van der Waals surface area contributed by atoms with Crippen molar-refractivity contribution < 1.29 is 18.0 Å². The Bertz CT molecular complexity index is 366. The van der Waals surface area contributed by atoms with E-state index in [9.17, 15) is 18.0 Å². The van der Waals surface area contributed by atoms with E-state index in [1.165, 1.54) is 19.1 Å². The maximum atomic E-state index is 12.9. The Morgan fingerprint density at radius 1 is 1.36 bits per heavy atom. The molecule has 0 aliphatic carbocycles. The Kier molecular flexibility index (Phi) is 2.64. The summed E-state index contributed by atoms with van der Waals surface area (Å²) >= 11 is 0. The van der Waals surface area contributed by atoms with Crippen molar-refractivity contribution in [2.24, 2.45) is 0 Å². The van der Waals surface area contributed by atoms with E-state index in [0.29, 0.717) is 12.5 Å². The van der Waals surface area contributed by atoms with Gasteiger partial charge in [-0.1, -0.05) is 12.1 Å². The highest BCUT2D eigenvalue weighted by Gasteiger charge is 2.33. The van der Waals surface area contributed by atoms with Crippen LogP contribution in [0.15, 0.2) is 18.2 Å². The molecule has 0 bridgehead atoms. The molecule has 1 aromatic carbocycles. The topological polar surface area (TPSA) is 17.1 Å². The lowest BCUT2D eigenvalue weighted by molar-refractivity contribution is 0.0221. The lowest BCUT2D eigenvalue weighted by atomic mass is 10.0. The zero-order chi connectivity index (χ0) is 10.9. The van der Waals surface area contributed by atoms with Crippen LogP contribution in [0.2, 0.25) is 0 Å². The minimum absolute atomic E-state index is 0.305. The third-order valence-electron chi connectivity index (χ3n) is 1.83. The molecule has 0 unspecified atom stereocenters. The van der Waals surface area contributed by atoms with Gasteiger partial charge in [0.1, 0.15) is 5.82 Å². The van der Waals surface area contributed by atoms with E-state index < -0.39 is 17.5 Å². The largest absolute Gasteiger partial charge is 0.307 e. The number of benzene rings is 1. The van der Waals surface area contributed by atoms with Gasteiger partial charge in [-0.3, -0.25) is 4.79 Å². The highest BCUT2D eigenvalue weighted by Crippen LogP contribution is 2.20. The second kappa shape index (κ2) is 3.44. The van der Waals surface area contributed by atoms with E-state index in [2.05, 4.69) is 0 Å². The summed E-state index contributed by atoms with van der Waals surface area (Å²) in [6.07, 6.45) is 0. The molecule has 1 rings (SSSR count). The van der Waals surface area contributed by atoms with Gasteiger partial charge in [-0.05, 0) is 18.6 Å². The summed E-state index contributed by atoms with van der Waals surface area (Å²) < 4.78 is 38.1. The average Bonchev–Trinajstić information content (AvgIpc) is 2.07. The Labute approximate surface area is 79.5 Å². The summed E-state index contributed by atoms with van der Waals surface area (Å²) in [5.41, 5.74) is 0.0153.